The number of rotatable bonds is 6. The van der Waals surface area contributed by atoms with Gasteiger partial charge in [-0.2, -0.15) is 0 Å². The number of anilines is 1. The minimum absolute atomic E-state index is 0.219. The fourth-order valence-corrected chi connectivity index (χ4v) is 3.45. The van der Waals surface area contributed by atoms with Crippen molar-refractivity contribution in [2.75, 3.05) is 5.32 Å². The van der Waals surface area contributed by atoms with E-state index in [2.05, 4.69) is 20.7 Å². The van der Waals surface area contributed by atoms with Crippen LogP contribution in [0.3, 0.4) is 0 Å². The predicted octanol–water partition coefficient (Wildman–Crippen LogP) is 3.94. The van der Waals surface area contributed by atoms with E-state index in [4.69, 9.17) is 8.94 Å². The highest BCUT2D eigenvalue weighted by Gasteiger charge is 2.23. The number of aryl methyl sites for hydroxylation is 1. The quantitative estimate of drug-likeness (QED) is 0.494. The van der Waals surface area contributed by atoms with Crippen LogP contribution in [0.5, 0.6) is 0 Å². The second-order valence-electron chi connectivity index (χ2n) is 6.04. The first-order valence-electron chi connectivity index (χ1n) is 8.57. The van der Waals surface area contributed by atoms with E-state index in [1.165, 1.54) is 11.8 Å². The summed E-state index contributed by atoms with van der Waals surface area (Å²) in [6, 6.07) is 15.0. The standard InChI is InChI=1S/C19H17N5O3S/c1-12-11-16(27-23-12)20-18(25)13(2)28-19-22-21-17(15-9-6-10-26-15)24(19)14-7-4-3-5-8-14/h3-11,13H,1-2H3,(H,20,25). The van der Waals surface area contributed by atoms with Gasteiger partial charge in [0.25, 0.3) is 0 Å². The summed E-state index contributed by atoms with van der Waals surface area (Å²) in [5.74, 6) is 1.26. The number of para-hydroxylation sites is 1. The molecule has 1 atom stereocenters. The number of amides is 1. The molecule has 1 aromatic carbocycles. The molecule has 28 heavy (non-hydrogen) atoms. The highest BCUT2D eigenvalue weighted by Crippen LogP contribution is 2.30. The van der Waals surface area contributed by atoms with Crippen LogP contribution in [0.1, 0.15) is 12.6 Å². The summed E-state index contributed by atoms with van der Waals surface area (Å²) in [7, 11) is 0. The SMILES string of the molecule is Cc1cc(NC(=O)C(C)Sc2nnc(-c3ccco3)n2-c2ccccc2)on1. The molecule has 0 saturated carbocycles. The van der Waals surface area contributed by atoms with Gasteiger partial charge in [0, 0.05) is 11.8 Å². The van der Waals surface area contributed by atoms with Gasteiger partial charge in [0.05, 0.1) is 17.2 Å². The number of hydrogen-bond acceptors (Lipinski definition) is 7. The van der Waals surface area contributed by atoms with E-state index in [9.17, 15) is 4.79 Å². The lowest BCUT2D eigenvalue weighted by molar-refractivity contribution is -0.115. The molecule has 3 heterocycles. The maximum atomic E-state index is 12.5. The van der Waals surface area contributed by atoms with E-state index in [1.807, 2.05) is 41.0 Å². The number of aromatic nitrogens is 4. The summed E-state index contributed by atoms with van der Waals surface area (Å²) >= 11 is 1.29. The zero-order valence-electron chi connectivity index (χ0n) is 15.2. The molecule has 4 rings (SSSR count). The molecule has 0 bridgehead atoms. The summed E-state index contributed by atoms with van der Waals surface area (Å²) in [5.41, 5.74) is 1.57. The first-order valence-corrected chi connectivity index (χ1v) is 9.45. The van der Waals surface area contributed by atoms with Gasteiger partial charge in [-0.05, 0) is 38.1 Å². The zero-order valence-corrected chi connectivity index (χ0v) is 16.0. The highest BCUT2D eigenvalue weighted by molar-refractivity contribution is 8.00. The van der Waals surface area contributed by atoms with Gasteiger partial charge in [0.15, 0.2) is 10.9 Å². The number of carbonyl (C=O) groups excluding carboxylic acids is 1. The van der Waals surface area contributed by atoms with Crippen LogP contribution in [-0.2, 0) is 4.79 Å². The van der Waals surface area contributed by atoms with Gasteiger partial charge in [-0.1, -0.05) is 35.1 Å². The predicted molar refractivity (Wildman–Crippen MR) is 104 cm³/mol. The number of carbonyl (C=O) groups is 1. The third kappa shape index (κ3) is 3.70. The van der Waals surface area contributed by atoms with Crippen LogP contribution in [0, 0.1) is 6.92 Å². The average molecular weight is 395 g/mol. The molecule has 9 heteroatoms. The molecule has 1 unspecified atom stereocenters. The summed E-state index contributed by atoms with van der Waals surface area (Å²) < 4.78 is 12.4. The number of furan rings is 1. The molecule has 142 valence electrons. The summed E-state index contributed by atoms with van der Waals surface area (Å²) in [6.45, 7) is 3.58. The largest absolute Gasteiger partial charge is 0.461 e. The Kier molecular flexibility index (Phi) is 4.98. The van der Waals surface area contributed by atoms with E-state index in [0.29, 0.717) is 28.3 Å². The average Bonchev–Trinajstić information content (AvgIpc) is 3.43. The number of benzene rings is 1. The molecule has 4 aromatic rings. The van der Waals surface area contributed by atoms with E-state index in [1.54, 1.807) is 32.2 Å². The molecule has 0 aliphatic carbocycles. The number of hydrogen-bond donors (Lipinski definition) is 1. The van der Waals surface area contributed by atoms with Gasteiger partial charge in [-0.25, -0.2) is 0 Å². The van der Waals surface area contributed by atoms with Gasteiger partial charge >= 0.3 is 0 Å². The van der Waals surface area contributed by atoms with Crippen LogP contribution in [0.15, 0.2) is 68.9 Å². The van der Waals surface area contributed by atoms with Gasteiger partial charge in [-0.15, -0.1) is 10.2 Å². The van der Waals surface area contributed by atoms with Crippen molar-refractivity contribution in [3.05, 3.63) is 60.5 Å². The Labute approximate surface area is 164 Å². The topological polar surface area (TPSA) is 99.0 Å². The highest BCUT2D eigenvalue weighted by atomic mass is 32.2. The number of nitrogens with zero attached hydrogens (tertiary/aromatic N) is 4. The minimum atomic E-state index is -0.443. The van der Waals surface area contributed by atoms with Crippen LogP contribution in [0.4, 0.5) is 5.88 Å². The lowest BCUT2D eigenvalue weighted by atomic mass is 10.3. The maximum Gasteiger partial charge on any atom is 0.240 e. The Bertz CT molecular complexity index is 1070. The smallest absolute Gasteiger partial charge is 0.240 e. The van der Waals surface area contributed by atoms with Gasteiger partial charge in [-0.3, -0.25) is 14.7 Å². The molecular formula is C19H17N5O3S. The van der Waals surface area contributed by atoms with Gasteiger partial charge < -0.3 is 8.94 Å². The molecule has 0 aliphatic heterocycles. The molecule has 0 radical (unpaired) electrons. The minimum Gasteiger partial charge on any atom is -0.461 e. The lowest BCUT2D eigenvalue weighted by Gasteiger charge is -2.12. The van der Waals surface area contributed by atoms with Crippen molar-refractivity contribution >= 4 is 23.6 Å². The Balaban J connectivity index is 1.61. The Hall–Kier alpha value is -3.33. The van der Waals surface area contributed by atoms with Crippen molar-refractivity contribution in [2.45, 2.75) is 24.3 Å². The lowest BCUT2D eigenvalue weighted by Crippen LogP contribution is -2.22. The Morgan fingerprint density at radius 1 is 1.18 bits per heavy atom. The van der Waals surface area contributed by atoms with Crippen molar-refractivity contribution in [3.8, 4) is 17.3 Å². The normalized spacial score (nSPS) is 12.1. The van der Waals surface area contributed by atoms with Crippen molar-refractivity contribution < 1.29 is 13.7 Å². The van der Waals surface area contributed by atoms with Crippen LogP contribution in [0.25, 0.3) is 17.3 Å². The third-order valence-corrected chi connectivity index (χ3v) is 4.96. The maximum absolute atomic E-state index is 12.5. The molecule has 0 spiro atoms. The fourth-order valence-electron chi connectivity index (χ4n) is 2.58. The Morgan fingerprint density at radius 3 is 2.68 bits per heavy atom. The molecular weight excluding hydrogens is 378 g/mol. The molecule has 0 fully saturated rings. The van der Waals surface area contributed by atoms with E-state index < -0.39 is 5.25 Å². The van der Waals surface area contributed by atoms with Gasteiger partial charge in [0.1, 0.15) is 0 Å². The number of nitrogens with one attached hydrogen (secondary N) is 1. The summed E-state index contributed by atoms with van der Waals surface area (Å²) in [4.78, 5) is 12.5. The van der Waals surface area contributed by atoms with E-state index >= 15 is 0 Å². The summed E-state index contributed by atoms with van der Waals surface area (Å²) in [5, 5.41) is 15.2. The second-order valence-corrected chi connectivity index (χ2v) is 7.34. The molecule has 0 aliphatic rings. The van der Waals surface area contributed by atoms with Crippen molar-refractivity contribution in [2.24, 2.45) is 0 Å². The van der Waals surface area contributed by atoms with Crippen LogP contribution in [-0.4, -0.2) is 31.1 Å². The second kappa shape index (κ2) is 7.73. The summed E-state index contributed by atoms with van der Waals surface area (Å²) in [6.07, 6.45) is 1.58. The first kappa shape index (κ1) is 18.1. The molecule has 1 N–H and O–H groups in total. The first-order chi connectivity index (χ1) is 13.6. The van der Waals surface area contributed by atoms with Crippen molar-refractivity contribution in [1.29, 1.82) is 0 Å². The Morgan fingerprint density at radius 2 is 2.00 bits per heavy atom. The molecule has 8 nitrogen and oxygen atoms in total. The van der Waals surface area contributed by atoms with Crippen LogP contribution >= 0.6 is 11.8 Å². The number of thioether (sulfide) groups is 1. The fraction of sp³-hybridized carbons (Fsp3) is 0.158. The van der Waals surface area contributed by atoms with Gasteiger partial charge in [0.2, 0.25) is 17.6 Å². The molecule has 1 amide bonds. The van der Waals surface area contributed by atoms with Crippen LogP contribution < -0.4 is 5.32 Å². The van der Waals surface area contributed by atoms with Crippen molar-refractivity contribution in [1.82, 2.24) is 19.9 Å². The van der Waals surface area contributed by atoms with Crippen molar-refractivity contribution in [3.63, 3.8) is 0 Å². The van der Waals surface area contributed by atoms with E-state index in [-0.39, 0.29) is 5.91 Å². The van der Waals surface area contributed by atoms with Crippen LogP contribution in [0.2, 0.25) is 0 Å². The van der Waals surface area contributed by atoms with E-state index in [0.717, 1.165) is 5.69 Å². The zero-order chi connectivity index (χ0) is 19.5. The third-order valence-electron chi connectivity index (χ3n) is 3.92. The molecule has 0 saturated heterocycles. The monoisotopic (exact) mass is 395 g/mol. The molecule has 3 aromatic heterocycles.